The number of thiophene rings is 1. The third kappa shape index (κ3) is 3.55. The van der Waals surface area contributed by atoms with E-state index in [0.717, 1.165) is 15.0 Å². The summed E-state index contributed by atoms with van der Waals surface area (Å²) in [5, 5.41) is 12.5. The molecule has 0 atom stereocenters. The highest BCUT2D eigenvalue weighted by Gasteiger charge is 2.40. The van der Waals surface area contributed by atoms with Crippen LogP contribution in [0.4, 0.5) is 0 Å². The van der Waals surface area contributed by atoms with Crippen LogP contribution in [0.5, 0.6) is 0 Å². The number of carbonyl (C=O) groups excluding carboxylic acids is 1. The van der Waals surface area contributed by atoms with Crippen molar-refractivity contribution in [2.24, 2.45) is 0 Å². The number of hydrogen-bond donors (Lipinski definition) is 2. The van der Waals surface area contributed by atoms with Crippen LogP contribution in [0.2, 0.25) is 0 Å². The van der Waals surface area contributed by atoms with E-state index in [0.29, 0.717) is 11.1 Å². The first kappa shape index (κ1) is 18.4. The zero-order chi connectivity index (χ0) is 19.4. The molecule has 0 saturated carbocycles. The third-order valence-corrected chi connectivity index (χ3v) is 5.66. The predicted octanol–water partition coefficient (Wildman–Crippen LogP) is 4.39. The molecule has 28 heavy (non-hydrogen) atoms. The van der Waals surface area contributed by atoms with Crippen molar-refractivity contribution in [1.82, 2.24) is 5.48 Å². The average Bonchev–Trinajstić information content (AvgIpc) is 3.17. The van der Waals surface area contributed by atoms with Crippen molar-refractivity contribution in [2.45, 2.75) is 12.2 Å². The molecule has 0 radical (unpaired) electrons. The SMILES string of the molecule is O=C(NOCc1cc2ccccc2s1)C(O)(c1ccccc1)c1ccccc1. The molecule has 0 aliphatic carbocycles. The lowest BCUT2D eigenvalue weighted by molar-refractivity contribution is -0.151. The molecule has 0 aliphatic rings. The summed E-state index contributed by atoms with van der Waals surface area (Å²) in [6, 6.07) is 27.8. The Morgan fingerprint density at radius 1 is 0.893 bits per heavy atom. The molecule has 4 nitrogen and oxygen atoms in total. The van der Waals surface area contributed by atoms with E-state index in [1.807, 2.05) is 42.5 Å². The van der Waals surface area contributed by atoms with Crippen LogP contribution in [0.15, 0.2) is 91.0 Å². The second-order valence-electron chi connectivity index (χ2n) is 6.41. The zero-order valence-corrected chi connectivity index (χ0v) is 15.9. The number of rotatable bonds is 6. The summed E-state index contributed by atoms with van der Waals surface area (Å²) in [5.41, 5.74) is 1.54. The summed E-state index contributed by atoms with van der Waals surface area (Å²) in [4.78, 5) is 19.4. The van der Waals surface area contributed by atoms with Gasteiger partial charge in [-0.05, 0) is 28.6 Å². The average molecular weight is 389 g/mol. The van der Waals surface area contributed by atoms with E-state index in [-0.39, 0.29) is 6.61 Å². The number of nitrogens with one attached hydrogen (secondary N) is 1. The summed E-state index contributed by atoms with van der Waals surface area (Å²) >= 11 is 1.61. The molecule has 0 saturated heterocycles. The topological polar surface area (TPSA) is 58.6 Å². The number of amides is 1. The number of benzene rings is 3. The van der Waals surface area contributed by atoms with E-state index in [9.17, 15) is 9.90 Å². The van der Waals surface area contributed by atoms with Gasteiger partial charge in [-0.15, -0.1) is 11.3 Å². The van der Waals surface area contributed by atoms with Gasteiger partial charge in [-0.2, -0.15) is 0 Å². The highest BCUT2D eigenvalue weighted by atomic mass is 32.1. The Morgan fingerprint density at radius 2 is 1.46 bits per heavy atom. The van der Waals surface area contributed by atoms with E-state index in [2.05, 4.69) is 5.48 Å². The van der Waals surface area contributed by atoms with Gasteiger partial charge in [0.1, 0.15) is 6.61 Å². The molecule has 1 amide bonds. The van der Waals surface area contributed by atoms with E-state index in [1.54, 1.807) is 59.9 Å². The number of hydroxylamine groups is 1. The van der Waals surface area contributed by atoms with Crippen LogP contribution in [0, 0.1) is 0 Å². The maximum absolute atomic E-state index is 12.9. The molecule has 3 aromatic carbocycles. The zero-order valence-electron chi connectivity index (χ0n) is 15.0. The van der Waals surface area contributed by atoms with Crippen molar-refractivity contribution in [3.05, 3.63) is 107 Å². The summed E-state index contributed by atoms with van der Waals surface area (Å²) in [5.74, 6) is -0.633. The first-order valence-electron chi connectivity index (χ1n) is 8.91. The van der Waals surface area contributed by atoms with Crippen LogP contribution < -0.4 is 5.48 Å². The number of aliphatic hydroxyl groups is 1. The van der Waals surface area contributed by atoms with Crippen molar-refractivity contribution in [3.63, 3.8) is 0 Å². The monoisotopic (exact) mass is 389 g/mol. The van der Waals surface area contributed by atoms with Crippen LogP contribution in [0.3, 0.4) is 0 Å². The molecule has 0 aliphatic heterocycles. The van der Waals surface area contributed by atoms with Crippen LogP contribution in [-0.2, 0) is 21.8 Å². The van der Waals surface area contributed by atoms with Gasteiger partial charge in [-0.3, -0.25) is 9.63 Å². The lowest BCUT2D eigenvalue weighted by atomic mass is 9.86. The minimum absolute atomic E-state index is 0.227. The predicted molar refractivity (Wildman–Crippen MR) is 111 cm³/mol. The van der Waals surface area contributed by atoms with Crippen molar-refractivity contribution in [1.29, 1.82) is 0 Å². The normalized spacial score (nSPS) is 11.5. The Balaban J connectivity index is 1.53. The Bertz CT molecular complexity index is 1000. The minimum Gasteiger partial charge on any atom is -0.372 e. The molecular formula is C23H19NO3S. The van der Waals surface area contributed by atoms with Crippen LogP contribution >= 0.6 is 11.3 Å². The van der Waals surface area contributed by atoms with Crippen LogP contribution in [0.25, 0.3) is 10.1 Å². The summed E-state index contributed by atoms with van der Waals surface area (Å²) in [7, 11) is 0. The second-order valence-corrected chi connectivity index (χ2v) is 7.58. The fraction of sp³-hybridized carbons (Fsp3) is 0.0870. The summed E-state index contributed by atoms with van der Waals surface area (Å²) in [6.07, 6.45) is 0. The molecule has 4 rings (SSSR count). The quantitative estimate of drug-likeness (QED) is 0.481. The highest BCUT2D eigenvalue weighted by Crippen LogP contribution is 2.30. The Hall–Kier alpha value is -2.99. The molecule has 1 aromatic heterocycles. The summed E-state index contributed by atoms with van der Waals surface area (Å²) in [6.45, 7) is 0.227. The Kier molecular flexibility index (Phi) is 5.21. The highest BCUT2D eigenvalue weighted by molar-refractivity contribution is 7.19. The second kappa shape index (κ2) is 7.94. The van der Waals surface area contributed by atoms with Gasteiger partial charge < -0.3 is 5.11 Å². The van der Waals surface area contributed by atoms with Gasteiger partial charge in [-0.25, -0.2) is 5.48 Å². The smallest absolute Gasteiger partial charge is 0.284 e. The van der Waals surface area contributed by atoms with Gasteiger partial charge in [0.15, 0.2) is 5.60 Å². The standard InChI is InChI=1S/C23H19NO3S/c25-22(24-27-16-20-15-17-9-7-8-14-21(17)28-20)23(26,18-10-3-1-4-11-18)19-12-5-2-6-13-19/h1-15,26H,16H2,(H,24,25). The van der Waals surface area contributed by atoms with E-state index in [4.69, 9.17) is 4.84 Å². The molecule has 0 bridgehead atoms. The van der Waals surface area contributed by atoms with Gasteiger partial charge in [0.25, 0.3) is 5.91 Å². The maximum atomic E-state index is 12.9. The molecule has 0 unspecified atom stereocenters. The van der Waals surface area contributed by atoms with Gasteiger partial charge in [0, 0.05) is 9.58 Å². The van der Waals surface area contributed by atoms with Crippen LogP contribution in [-0.4, -0.2) is 11.0 Å². The lowest BCUT2D eigenvalue weighted by Crippen LogP contribution is -2.45. The largest absolute Gasteiger partial charge is 0.372 e. The molecular weight excluding hydrogens is 370 g/mol. The van der Waals surface area contributed by atoms with Gasteiger partial charge >= 0.3 is 0 Å². The van der Waals surface area contributed by atoms with Crippen molar-refractivity contribution < 1.29 is 14.7 Å². The molecule has 0 spiro atoms. The van der Waals surface area contributed by atoms with Crippen molar-refractivity contribution in [3.8, 4) is 0 Å². The molecule has 1 heterocycles. The van der Waals surface area contributed by atoms with E-state index < -0.39 is 11.5 Å². The number of carbonyl (C=O) groups is 1. The van der Waals surface area contributed by atoms with Gasteiger partial charge in [0.05, 0.1) is 0 Å². The van der Waals surface area contributed by atoms with Gasteiger partial charge in [0.2, 0.25) is 0 Å². The van der Waals surface area contributed by atoms with E-state index >= 15 is 0 Å². The van der Waals surface area contributed by atoms with E-state index in [1.165, 1.54) is 0 Å². The van der Waals surface area contributed by atoms with Crippen molar-refractivity contribution in [2.75, 3.05) is 0 Å². The summed E-state index contributed by atoms with van der Waals surface area (Å²) < 4.78 is 1.16. The fourth-order valence-electron chi connectivity index (χ4n) is 3.14. The molecule has 140 valence electrons. The third-order valence-electron chi connectivity index (χ3n) is 4.57. The molecule has 5 heteroatoms. The first-order valence-corrected chi connectivity index (χ1v) is 9.72. The van der Waals surface area contributed by atoms with Crippen molar-refractivity contribution >= 4 is 27.3 Å². The molecule has 2 N–H and O–H groups in total. The Labute approximate surface area is 167 Å². The maximum Gasteiger partial charge on any atom is 0.284 e. The number of fused-ring (bicyclic) bond motifs is 1. The van der Waals surface area contributed by atoms with Crippen LogP contribution in [0.1, 0.15) is 16.0 Å². The Morgan fingerprint density at radius 3 is 2.07 bits per heavy atom. The lowest BCUT2D eigenvalue weighted by Gasteiger charge is -2.27. The minimum atomic E-state index is -1.84. The number of hydrogen-bond acceptors (Lipinski definition) is 4. The molecule has 0 fully saturated rings. The molecule has 4 aromatic rings. The first-order chi connectivity index (χ1) is 13.7. The fourth-order valence-corrected chi connectivity index (χ4v) is 4.12. The van der Waals surface area contributed by atoms with Gasteiger partial charge in [-0.1, -0.05) is 78.9 Å².